The lowest BCUT2D eigenvalue weighted by Gasteiger charge is -2.20. The van der Waals surface area contributed by atoms with Gasteiger partial charge in [-0.2, -0.15) is 0 Å². The highest BCUT2D eigenvalue weighted by Crippen LogP contribution is 2.41. The summed E-state index contributed by atoms with van der Waals surface area (Å²) in [7, 11) is -0.0559. The summed E-state index contributed by atoms with van der Waals surface area (Å²) >= 11 is 0. The predicted molar refractivity (Wildman–Crippen MR) is 145 cm³/mol. The van der Waals surface area contributed by atoms with Crippen LogP contribution < -0.4 is 0 Å². The van der Waals surface area contributed by atoms with E-state index in [0.717, 1.165) is 12.8 Å². The lowest BCUT2D eigenvalue weighted by atomic mass is 10.0. The van der Waals surface area contributed by atoms with E-state index in [2.05, 4.69) is 6.92 Å². The van der Waals surface area contributed by atoms with Gasteiger partial charge in [0.1, 0.15) is 6.10 Å². The molecule has 0 aromatic rings. The first kappa shape index (κ1) is 34.5. The number of ether oxygens (including phenoxy) is 2. The lowest BCUT2D eigenvalue weighted by Crippen LogP contribution is -2.28. The minimum atomic E-state index is -3.72. The second kappa shape index (κ2) is 23.9. The van der Waals surface area contributed by atoms with Crippen LogP contribution in [0.3, 0.4) is 0 Å². The van der Waals surface area contributed by atoms with E-state index in [0.29, 0.717) is 13.2 Å². The van der Waals surface area contributed by atoms with Crippen molar-refractivity contribution in [2.45, 2.75) is 123 Å². The molecule has 210 valence electrons. The highest BCUT2D eigenvalue weighted by Gasteiger charge is 2.23. The van der Waals surface area contributed by atoms with Gasteiger partial charge in [0.25, 0.3) is 0 Å². The van der Waals surface area contributed by atoms with Crippen molar-refractivity contribution in [3.8, 4) is 0 Å². The Kier molecular flexibility index (Phi) is 23.6. The van der Waals surface area contributed by atoms with E-state index in [-0.39, 0.29) is 31.8 Å². The summed E-state index contributed by atoms with van der Waals surface area (Å²) in [6.07, 6.45) is 19.4. The Hall–Kier alpha value is -0.460. The van der Waals surface area contributed by atoms with Crippen LogP contribution in [-0.2, 0) is 23.4 Å². The van der Waals surface area contributed by atoms with E-state index in [1.54, 1.807) is 6.92 Å². The maximum Gasteiger partial charge on any atom is 0.329 e. The average molecular weight is 522 g/mol. The smallest absolute Gasteiger partial charge is 0.329 e. The van der Waals surface area contributed by atoms with Crippen LogP contribution in [-0.4, -0.2) is 68.5 Å². The third-order valence-electron chi connectivity index (χ3n) is 6.07. The molecule has 8 heteroatoms. The van der Waals surface area contributed by atoms with Crippen LogP contribution in [0.1, 0.15) is 117 Å². The highest BCUT2D eigenvalue weighted by atomic mass is 31.2. The summed E-state index contributed by atoms with van der Waals surface area (Å²) < 4.78 is 28.3. The maximum absolute atomic E-state index is 12.1. The van der Waals surface area contributed by atoms with Gasteiger partial charge in [0, 0.05) is 19.6 Å². The standard InChI is InChI=1S/C27H56NO6P/c1-5-7-8-9-10-11-12-13-14-15-16-17-18-19-20-22-32-24-26(34-27(29)6-2)25-33-35(30,31)23-21-28(3)4/h26H,5-25H2,1-4H3,(H,30,31). The first-order valence-electron chi connectivity index (χ1n) is 14.2. The van der Waals surface area contributed by atoms with Gasteiger partial charge in [-0.05, 0) is 20.5 Å². The summed E-state index contributed by atoms with van der Waals surface area (Å²) in [4.78, 5) is 23.4. The molecule has 35 heavy (non-hydrogen) atoms. The fourth-order valence-corrected chi connectivity index (χ4v) is 4.95. The Morgan fingerprint density at radius 2 is 1.29 bits per heavy atom. The van der Waals surface area contributed by atoms with Crippen LogP contribution in [0.25, 0.3) is 0 Å². The number of hydrogen-bond acceptors (Lipinski definition) is 6. The van der Waals surface area contributed by atoms with E-state index >= 15 is 0 Å². The van der Waals surface area contributed by atoms with E-state index in [1.807, 2.05) is 19.0 Å². The van der Waals surface area contributed by atoms with Crippen molar-refractivity contribution in [2.24, 2.45) is 0 Å². The molecule has 1 N–H and O–H groups in total. The normalized spacial score (nSPS) is 14.2. The second-order valence-corrected chi connectivity index (χ2v) is 11.9. The summed E-state index contributed by atoms with van der Waals surface area (Å²) in [5, 5.41) is 0. The van der Waals surface area contributed by atoms with E-state index < -0.39 is 13.7 Å². The minimum absolute atomic E-state index is 0.0361. The predicted octanol–water partition coefficient (Wildman–Crippen LogP) is 6.96. The summed E-state index contributed by atoms with van der Waals surface area (Å²) in [6, 6.07) is 0. The Labute approximate surface area is 216 Å². The van der Waals surface area contributed by atoms with Crippen molar-refractivity contribution in [3.63, 3.8) is 0 Å². The molecule has 0 saturated carbocycles. The van der Waals surface area contributed by atoms with Gasteiger partial charge in [-0.1, -0.05) is 104 Å². The number of unbranched alkanes of at least 4 members (excludes halogenated alkanes) is 14. The first-order valence-corrected chi connectivity index (χ1v) is 15.9. The average Bonchev–Trinajstić information content (AvgIpc) is 2.83. The molecule has 0 aliphatic heterocycles. The molecule has 0 heterocycles. The number of carbonyl (C=O) groups excluding carboxylic acids is 1. The zero-order chi connectivity index (χ0) is 26.2. The second-order valence-electron chi connectivity index (χ2n) is 9.95. The Bertz CT molecular complexity index is 532. The molecule has 0 amide bonds. The summed E-state index contributed by atoms with van der Waals surface area (Å²) in [5.41, 5.74) is 0. The number of carbonyl (C=O) groups is 1. The largest absolute Gasteiger partial charge is 0.457 e. The fourth-order valence-electron chi connectivity index (χ4n) is 3.77. The van der Waals surface area contributed by atoms with Crippen LogP contribution in [0.4, 0.5) is 0 Å². The van der Waals surface area contributed by atoms with Crippen molar-refractivity contribution in [1.29, 1.82) is 0 Å². The summed E-state index contributed by atoms with van der Waals surface area (Å²) in [5.74, 6) is -0.366. The van der Waals surface area contributed by atoms with Crippen molar-refractivity contribution in [3.05, 3.63) is 0 Å². The molecule has 2 unspecified atom stereocenters. The monoisotopic (exact) mass is 521 g/mol. The van der Waals surface area contributed by atoms with Gasteiger partial charge >= 0.3 is 13.6 Å². The molecular weight excluding hydrogens is 465 g/mol. The Morgan fingerprint density at radius 1 is 0.800 bits per heavy atom. The topological polar surface area (TPSA) is 85.3 Å². The molecule has 0 aliphatic carbocycles. The van der Waals surface area contributed by atoms with Crippen LogP contribution in [0.15, 0.2) is 0 Å². The molecule has 0 aliphatic rings. The van der Waals surface area contributed by atoms with Crippen LogP contribution >= 0.6 is 7.60 Å². The number of hydrogen-bond donors (Lipinski definition) is 1. The zero-order valence-electron chi connectivity index (χ0n) is 23.3. The number of rotatable bonds is 26. The lowest BCUT2D eigenvalue weighted by molar-refractivity contribution is -0.153. The van der Waals surface area contributed by atoms with Crippen LogP contribution in [0.5, 0.6) is 0 Å². The van der Waals surface area contributed by atoms with E-state index in [9.17, 15) is 14.3 Å². The number of esters is 1. The van der Waals surface area contributed by atoms with Crippen molar-refractivity contribution in [1.82, 2.24) is 4.90 Å². The molecule has 0 bridgehead atoms. The zero-order valence-corrected chi connectivity index (χ0v) is 24.2. The van der Waals surface area contributed by atoms with Crippen LogP contribution in [0, 0.1) is 0 Å². The third-order valence-corrected chi connectivity index (χ3v) is 7.39. The Balaban J connectivity index is 3.75. The molecule has 0 radical (unpaired) electrons. The van der Waals surface area contributed by atoms with Gasteiger partial charge in [0.15, 0.2) is 0 Å². The third kappa shape index (κ3) is 25.0. The summed E-state index contributed by atoms with van der Waals surface area (Å²) in [6.45, 7) is 5.07. The van der Waals surface area contributed by atoms with Gasteiger partial charge in [-0.15, -0.1) is 0 Å². The first-order chi connectivity index (χ1) is 16.8. The minimum Gasteiger partial charge on any atom is -0.457 e. The fraction of sp³-hybridized carbons (Fsp3) is 0.963. The van der Waals surface area contributed by atoms with Gasteiger partial charge in [-0.25, -0.2) is 0 Å². The maximum atomic E-state index is 12.1. The SMILES string of the molecule is CCCCCCCCCCCCCCCCCOCC(COP(=O)(O)CCN(C)C)OC(=O)CC. The molecule has 0 fully saturated rings. The quantitative estimate of drug-likeness (QED) is 0.0748. The van der Waals surface area contributed by atoms with Gasteiger partial charge in [0.2, 0.25) is 0 Å². The Morgan fingerprint density at radius 3 is 1.74 bits per heavy atom. The van der Waals surface area contributed by atoms with Crippen LogP contribution in [0.2, 0.25) is 0 Å². The van der Waals surface area contributed by atoms with E-state index in [1.165, 1.54) is 83.5 Å². The molecule has 0 spiro atoms. The number of nitrogens with zero attached hydrogens (tertiary/aromatic N) is 1. The van der Waals surface area contributed by atoms with E-state index in [4.69, 9.17) is 14.0 Å². The molecule has 0 aromatic carbocycles. The molecule has 2 atom stereocenters. The van der Waals surface area contributed by atoms with Crippen molar-refractivity contribution in [2.75, 3.05) is 46.6 Å². The van der Waals surface area contributed by atoms with Gasteiger partial charge < -0.3 is 23.8 Å². The van der Waals surface area contributed by atoms with Gasteiger partial charge in [-0.3, -0.25) is 9.36 Å². The molecular formula is C27H56NO6P. The van der Waals surface area contributed by atoms with Gasteiger partial charge in [0.05, 0.1) is 19.4 Å². The van der Waals surface area contributed by atoms with Crippen molar-refractivity contribution >= 4 is 13.6 Å². The molecule has 0 saturated heterocycles. The molecule has 0 aromatic heterocycles. The molecule has 0 rings (SSSR count). The highest BCUT2D eigenvalue weighted by molar-refractivity contribution is 7.52. The van der Waals surface area contributed by atoms with Crippen molar-refractivity contribution < 1.29 is 28.3 Å². The molecule has 7 nitrogen and oxygen atoms in total.